The number of rotatable bonds is 6. The number of benzene rings is 1. The first kappa shape index (κ1) is 23.1. The van der Waals surface area contributed by atoms with Gasteiger partial charge in [0.05, 0.1) is 11.1 Å². The number of allylic oxidation sites excluding steroid dienone is 1. The van der Waals surface area contributed by atoms with Gasteiger partial charge in [0.15, 0.2) is 11.0 Å². The molecular weight excluding hydrogens is 462 g/mol. The summed E-state index contributed by atoms with van der Waals surface area (Å²) in [6.07, 6.45) is 6.24. The third-order valence-corrected chi connectivity index (χ3v) is 8.41. The second kappa shape index (κ2) is 9.15. The van der Waals surface area contributed by atoms with Crippen molar-refractivity contribution in [3.63, 3.8) is 0 Å². The van der Waals surface area contributed by atoms with Crippen molar-refractivity contribution >= 4 is 33.3 Å². The molecule has 34 heavy (non-hydrogen) atoms. The first-order chi connectivity index (χ1) is 16.3. The summed E-state index contributed by atoms with van der Waals surface area (Å²) in [5.74, 6) is 2.00. The summed E-state index contributed by atoms with van der Waals surface area (Å²) >= 11 is 3.21. The molecule has 1 N–H and O–H groups in total. The molecule has 0 fully saturated rings. The van der Waals surface area contributed by atoms with Gasteiger partial charge in [0.2, 0.25) is 0 Å². The summed E-state index contributed by atoms with van der Waals surface area (Å²) in [6.45, 7) is 11.1. The average Bonchev–Trinajstić information content (AvgIpc) is 3.38. The van der Waals surface area contributed by atoms with E-state index < -0.39 is 0 Å². The Hall–Kier alpha value is -2.71. The molecule has 0 aliphatic heterocycles. The maximum Gasteiger partial charge on any atom is 0.259 e. The number of aryl methyl sites for hydroxylation is 2. The van der Waals surface area contributed by atoms with Gasteiger partial charge in [-0.2, -0.15) is 0 Å². The van der Waals surface area contributed by atoms with Gasteiger partial charge >= 0.3 is 0 Å². The van der Waals surface area contributed by atoms with Crippen LogP contribution in [0.3, 0.4) is 0 Å². The Morgan fingerprint density at radius 3 is 2.68 bits per heavy atom. The van der Waals surface area contributed by atoms with Crippen molar-refractivity contribution in [2.45, 2.75) is 69.3 Å². The molecule has 0 atom stereocenters. The topological polar surface area (TPSA) is 76.5 Å². The molecule has 8 heteroatoms. The van der Waals surface area contributed by atoms with Crippen LogP contribution in [0.4, 0.5) is 0 Å². The Labute approximate surface area is 207 Å². The molecule has 4 aromatic rings. The van der Waals surface area contributed by atoms with E-state index in [9.17, 15) is 4.79 Å². The minimum atomic E-state index is -0.0211. The van der Waals surface area contributed by atoms with Gasteiger partial charge in [-0.05, 0) is 42.2 Å². The zero-order valence-corrected chi connectivity index (χ0v) is 21.5. The van der Waals surface area contributed by atoms with Crippen LogP contribution in [0.15, 0.2) is 46.9 Å². The Kier molecular flexibility index (Phi) is 6.20. The van der Waals surface area contributed by atoms with Crippen LogP contribution in [-0.2, 0) is 30.6 Å². The summed E-state index contributed by atoms with van der Waals surface area (Å²) in [7, 11) is 0. The molecule has 3 aromatic heterocycles. The van der Waals surface area contributed by atoms with Crippen molar-refractivity contribution in [2.75, 3.05) is 0 Å². The molecule has 0 spiro atoms. The maximum atomic E-state index is 12.9. The molecule has 0 radical (unpaired) electrons. The Morgan fingerprint density at radius 1 is 1.18 bits per heavy atom. The molecule has 176 valence electrons. The maximum absolute atomic E-state index is 12.9. The largest absolute Gasteiger partial charge is 0.309 e. The molecule has 1 aromatic carbocycles. The summed E-state index contributed by atoms with van der Waals surface area (Å²) in [5, 5.41) is 10.5. The highest BCUT2D eigenvalue weighted by Gasteiger charge is 2.21. The lowest BCUT2D eigenvalue weighted by Gasteiger charge is -2.19. The highest BCUT2D eigenvalue weighted by molar-refractivity contribution is 7.98. The van der Waals surface area contributed by atoms with E-state index in [4.69, 9.17) is 4.98 Å². The van der Waals surface area contributed by atoms with Gasteiger partial charge in [0.25, 0.3) is 5.56 Å². The van der Waals surface area contributed by atoms with Gasteiger partial charge < -0.3 is 4.98 Å². The molecule has 0 saturated carbocycles. The number of hydrogen-bond donors (Lipinski definition) is 1. The van der Waals surface area contributed by atoms with Crippen molar-refractivity contribution in [3.8, 4) is 11.4 Å². The fraction of sp³-hybridized carbons (Fsp3) is 0.385. The third kappa shape index (κ3) is 4.36. The lowest BCUT2D eigenvalue weighted by atomic mass is 9.87. The standard InChI is InChI=1S/C26H29N5OS2/c1-5-14-31-22(16-10-12-17(13-11-16)26(2,3)4)29-30-25(31)33-15-20-27-23(32)21-18-8-6-7-9-19(18)34-24(21)28-20/h5,10-13H,1,6-9,14-15H2,2-4H3,(H,27,28,32). The molecule has 0 bridgehead atoms. The van der Waals surface area contributed by atoms with Crippen LogP contribution in [0, 0.1) is 0 Å². The third-order valence-electron chi connectivity index (χ3n) is 6.25. The number of nitrogens with one attached hydrogen (secondary N) is 1. The van der Waals surface area contributed by atoms with Gasteiger partial charge in [-0.3, -0.25) is 9.36 Å². The van der Waals surface area contributed by atoms with Crippen molar-refractivity contribution in [3.05, 3.63) is 69.1 Å². The molecule has 0 amide bonds. The zero-order valence-electron chi connectivity index (χ0n) is 19.9. The smallest absolute Gasteiger partial charge is 0.259 e. The average molecular weight is 492 g/mol. The Balaban J connectivity index is 1.41. The second-order valence-corrected chi connectivity index (χ2v) is 11.8. The molecule has 6 nitrogen and oxygen atoms in total. The van der Waals surface area contributed by atoms with E-state index in [0.717, 1.165) is 46.0 Å². The number of H-pyrrole nitrogens is 1. The lowest BCUT2D eigenvalue weighted by Crippen LogP contribution is -2.12. The summed E-state index contributed by atoms with van der Waals surface area (Å²) in [6, 6.07) is 8.51. The fourth-order valence-corrected chi connectivity index (χ4v) is 6.53. The van der Waals surface area contributed by atoms with Gasteiger partial charge in [0.1, 0.15) is 10.7 Å². The molecule has 0 saturated heterocycles. The molecule has 5 rings (SSSR count). The second-order valence-electron chi connectivity index (χ2n) is 9.73. The first-order valence-electron chi connectivity index (χ1n) is 11.7. The van der Waals surface area contributed by atoms with Crippen LogP contribution in [-0.4, -0.2) is 24.7 Å². The van der Waals surface area contributed by atoms with E-state index >= 15 is 0 Å². The molecular formula is C26H29N5OS2. The fourth-order valence-electron chi connectivity index (χ4n) is 4.43. The molecule has 0 unspecified atom stereocenters. The van der Waals surface area contributed by atoms with Gasteiger partial charge in [-0.25, -0.2) is 4.98 Å². The highest BCUT2D eigenvalue weighted by atomic mass is 32.2. The first-order valence-corrected chi connectivity index (χ1v) is 13.5. The minimum Gasteiger partial charge on any atom is -0.309 e. The number of thiophene rings is 1. The SMILES string of the molecule is C=CCn1c(SCc2nc3sc4c(c3c(=O)[nH]2)CCCC4)nnc1-c1ccc(C(C)(C)C)cc1. The highest BCUT2D eigenvalue weighted by Crippen LogP contribution is 2.34. The minimum absolute atomic E-state index is 0.0211. The predicted octanol–water partition coefficient (Wildman–Crippen LogP) is 5.90. The van der Waals surface area contributed by atoms with Crippen molar-refractivity contribution in [1.82, 2.24) is 24.7 Å². The van der Waals surface area contributed by atoms with E-state index in [1.54, 1.807) is 11.3 Å². The van der Waals surface area contributed by atoms with Crippen molar-refractivity contribution in [1.29, 1.82) is 0 Å². The summed E-state index contributed by atoms with van der Waals surface area (Å²) < 4.78 is 2.06. The quantitative estimate of drug-likeness (QED) is 0.268. The molecule has 1 aliphatic rings. The van der Waals surface area contributed by atoms with Crippen molar-refractivity contribution in [2.24, 2.45) is 0 Å². The Bertz CT molecular complexity index is 1410. The number of fused-ring (bicyclic) bond motifs is 3. The van der Waals surface area contributed by atoms with Crippen LogP contribution in [0.25, 0.3) is 21.6 Å². The van der Waals surface area contributed by atoms with Crippen LogP contribution in [0.2, 0.25) is 0 Å². The van der Waals surface area contributed by atoms with Gasteiger partial charge in [-0.1, -0.05) is 62.9 Å². The van der Waals surface area contributed by atoms with E-state index in [2.05, 4.69) is 71.4 Å². The monoisotopic (exact) mass is 491 g/mol. The Morgan fingerprint density at radius 2 is 1.94 bits per heavy atom. The van der Waals surface area contributed by atoms with E-state index in [1.807, 2.05) is 6.08 Å². The summed E-state index contributed by atoms with van der Waals surface area (Å²) in [5.41, 5.74) is 3.59. The van der Waals surface area contributed by atoms with Gasteiger partial charge in [0, 0.05) is 17.0 Å². The van der Waals surface area contributed by atoms with Crippen LogP contribution in [0.1, 0.15) is 55.4 Å². The van der Waals surface area contributed by atoms with E-state index in [1.165, 1.54) is 34.2 Å². The normalized spacial score (nSPS) is 13.9. The zero-order chi connectivity index (χ0) is 23.9. The van der Waals surface area contributed by atoms with Crippen LogP contribution >= 0.6 is 23.1 Å². The number of aromatic amines is 1. The van der Waals surface area contributed by atoms with Crippen molar-refractivity contribution < 1.29 is 0 Å². The molecule has 1 aliphatic carbocycles. The summed E-state index contributed by atoms with van der Waals surface area (Å²) in [4.78, 5) is 22.8. The van der Waals surface area contributed by atoms with Crippen LogP contribution in [0.5, 0.6) is 0 Å². The number of thioether (sulfide) groups is 1. The van der Waals surface area contributed by atoms with Crippen LogP contribution < -0.4 is 5.56 Å². The number of hydrogen-bond acceptors (Lipinski definition) is 6. The van der Waals surface area contributed by atoms with E-state index in [0.29, 0.717) is 18.1 Å². The van der Waals surface area contributed by atoms with Gasteiger partial charge in [-0.15, -0.1) is 28.1 Å². The predicted molar refractivity (Wildman–Crippen MR) is 141 cm³/mol. The van der Waals surface area contributed by atoms with E-state index in [-0.39, 0.29) is 11.0 Å². The number of aromatic nitrogens is 5. The number of nitrogens with zero attached hydrogens (tertiary/aromatic N) is 4. The lowest BCUT2D eigenvalue weighted by molar-refractivity contribution is 0.590. The molecule has 3 heterocycles.